The van der Waals surface area contributed by atoms with Crippen molar-refractivity contribution in [2.24, 2.45) is 0 Å². The molecule has 0 spiro atoms. The van der Waals surface area contributed by atoms with E-state index in [9.17, 15) is 10.1 Å². The number of benzene rings is 2. The van der Waals surface area contributed by atoms with Crippen LogP contribution in [-0.2, 0) is 0 Å². The maximum Gasteiger partial charge on any atom is 0.231 e. The molecule has 0 radical (unpaired) electrons. The van der Waals surface area contributed by atoms with Gasteiger partial charge in [0.1, 0.15) is 5.75 Å². The molecule has 1 unspecified atom stereocenters. The normalized spacial score (nSPS) is 13.0. The van der Waals surface area contributed by atoms with E-state index in [0.29, 0.717) is 28.6 Å². The van der Waals surface area contributed by atoms with Gasteiger partial charge in [0.25, 0.3) is 0 Å². The molecule has 1 atom stereocenters. The first kappa shape index (κ1) is 16.7. The predicted molar refractivity (Wildman–Crippen MR) is 89.4 cm³/mol. The lowest BCUT2D eigenvalue weighted by Gasteiger charge is -2.11. The molecule has 1 aliphatic heterocycles. The van der Waals surface area contributed by atoms with Gasteiger partial charge in [0, 0.05) is 12.0 Å². The van der Waals surface area contributed by atoms with Crippen LogP contribution in [0.1, 0.15) is 28.3 Å². The van der Waals surface area contributed by atoms with E-state index in [0.717, 1.165) is 5.56 Å². The molecule has 2 aromatic rings. The van der Waals surface area contributed by atoms with Crippen molar-refractivity contribution in [3.63, 3.8) is 0 Å². The van der Waals surface area contributed by atoms with E-state index in [1.165, 1.54) is 7.11 Å². The molecule has 3 rings (SSSR count). The third-order valence-electron chi connectivity index (χ3n) is 4.04. The smallest absolute Gasteiger partial charge is 0.231 e. The number of carbonyl (C=O) groups excluding carboxylic acids is 1. The summed E-state index contributed by atoms with van der Waals surface area (Å²) >= 11 is 0. The molecule has 0 N–H and O–H groups in total. The number of hydrogen-bond acceptors (Lipinski definition) is 6. The minimum atomic E-state index is -0.546. The number of fused-ring (bicyclic) bond motifs is 1. The summed E-state index contributed by atoms with van der Waals surface area (Å²) in [5.74, 6) is 1.39. The van der Waals surface area contributed by atoms with Crippen molar-refractivity contribution in [3.05, 3.63) is 47.5 Å². The number of hydrogen-bond donors (Lipinski definition) is 0. The molecule has 2 aromatic carbocycles. The van der Waals surface area contributed by atoms with Gasteiger partial charge in [-0.05, 0) is 29.8 Å². The Morgan fingerprint density at radius 2 is 1.96 bits per heavy atom. The fraction of sp³-hybridized carbons (Fsp3) is 0.263. The molecule has 0 fully saturated rings. The Hall–Kier alpha value is -3.20. The van der Waals surface area contributed by atoms with Crippen LogP contribution < -0.4 is 18.9 Å². The van der Waals surface area contributed by atoms with Crippen molar-refractivity contribution in [2.75, 3.05) is 21.0 Å². The molecule has 0 amide bonds. The highest BCUT2D eigenvalue weighted by molar-refractivity contribution is 5.98. The van der Waals surface area contributed by atoms with Gasteiger partial charge >= 0.3 is 0 Å². The van der Waals surface area contributed by atoms with Crippen molar-refractivity contribution in [3.8, 4) is 29.1 Å². The van der Waals surface area contributed by atoms with Crippen LogP contribution in [0.15, 0.2) is 36.4 Å². The fourth-order valence-corrected chi connectivity index (χ4v) is 2.67. The fourth-order valence-electron chi connectivity index (χ4n) is 2.67. The van der Waals surface area contributed by atoms with Crippen molar-refractivity contribution in [2.45, 2.75) is 12.3 Å². The minimum absolute atomic E-state index is 0.0611. The maximum absolute atomic E-state index is 12.7. The Bertz CT molecular complexity index is 823. The average Bonchev–Trinajstić information content (AvgIpc) is 3.14. The van der Waals surface area contributed by atoms with E-state index in [2.05, 4.69) is 6.07 Å². The van der Waals surface area contributed by atoms with Gasteiger partial charge in [-0.2, -0.15) is 5.26 Å². The topological polar surface area (TPSA) is 77.8 Å². The monoisotopic (exact) mass is 339 g/mol. The highest BCUT2D eigenvalue weighted by atomic mass is 16.7. The van der Waals surface area contributed by atoms with Crippen LogP contribution in [-0.4, -0.2) is 26.8 Å². The first-order valence-corrected chi connectivity index (χ1v) is 7.70. The summed E-state index contributed by atoms with van der Waals surface area (Å²) in [6, 6.07) is 12.5. The Labute approximate surface area is 145 Å². The van der Waals surface area contributed by atoms with Gasteiger partial charge in [-0.1, -0.05) is 12.1 Å². The van der Waals surface area contributed by atoms with Gasteiger partial charge < -0.3 is 18.9 Å². The molecular weight excluding hydrogens is 322 g/mol. The van der Waals surface area contributed by atoms with Gasteiger partial charge in [0.15, 0.2) is 17.3 Å². The second-order valence-corrected chi connectivity index (χ2v) is 5.49. The molecular formula is C19H17NO5. The largest absolute Gasteiger partial charge is 0.497 e. The lowest BCUT2D eigenvalue weighted by molar-refractivity contribution is 0.0978. The van der Waals surface area contributed by atoms with Crippen LogP contribution in [0.2, 0.25) is 0 Å². The lowest BCUT2D eigenvalue weighted by Crippen LogP contribution is -2.07. The van der Waals surface area contributed by atoms with Gasteiger partial charge in [-0.3, -0.25) is 4.79 Å². The van der Waals surface area contributed by atoms with Crippen LogP contribution in [0.3, 0.4) is 0 Å². The zero-order valence-electron chi connectivity index (χ0n) is 13.9. The molecule has 0 saturated carbocycles. The summed E-state index contributed by atoms with van der Waals surface area (Å²) in [7, 11) is 3.08. The van der Waals surface area contributed by atoms with Crippen LogP contribution in [0, 0.1) is 11.3 Å². The van der Waals surface area contributed by atoms with Crippen molar-refractivity contribution < 1.29 is 23.7 Å². The number of nitrogens with zero attached hydrogens (tertiary/aromatic N) is 1. The number of methoxy groups -OCH3 is 2. The first-order chi connectivity index (χ1) is 12.2. The number of Topliss-reactive ketones (excluding diaryl/α,β-unsaturated/α-hetero) is 1. The predicted octanol–water partition coefficient (Wildman–Crippen LogP) is 3.31. The summed E-state index contributed by atoms with van der Waals surface area (Å²) in [6.45, 7) is 0.0933. The van der Waals surface area contributed by atoms with Gasteiger partial charge in [-0.25, -0.2) is 0 Å². The first-order valence-electron chi connectivity index (χ1n) is 7.70. The summed E-state index contributed by atoms with van der Waals surface area (Å²) < 4.78 is 21.0. The highest BCUT2D eigenvalue weighted by Gasteiger charge is 2.24. The zero-order valence-corrected chi connectivity index (χ0v) is 13.9. The van der Waals surface area contributed by atoms with E-state index in [4.69, 9.17) is 18.9 Å². The van der Waals surface area contributed by atoms with E-state index in [1.807, 2.05) is 0 Å². The zero-order chi connectivity index (χ0) is 17.8. The standard InChI is InChI=1S/C19H17NO5/c1-22-15-5-3-12(4-6-15)14(10-20)7-16(21)13-8-17(23-2)19-18(9-13)24-11-25-19/h3-6,8-9,14H,7,11H2,1-2H3. The van der Waals surface area contributed by atoms with E-state index >= 15 is 0 Å². The maximum atomic E-state index is 12.7. The quantitative estimate of drug-likeness (QED) is 0.751. The SMILES string of the molecule is COc1ccc(C(C#N)CC(=O)c2cc(OC)c3c(c2)OCO3)cc1. The number of carbonyl (C=O) groups is 1. The summed E-state index contributed by atoms with van der Waals surface area (Å²) in [6.07, 6.45) is 0.0611. The van der Waals surface area contributed by atoms with Gasteiger partial charge in [-0.15, -0.1) is 0 Å². The average molecular weight is 339 g/mol. The second-order valence-electron chi connectivity index (χ2n) is 5.49. The van der Waals surface area contributed by atoms with Crippen LogP contribution in [0.25, 0.3) is 0 Å². The number of nitriles is 1. The third kappa shape index (κ3) is 3.36. The second kappa shape index (κ2) is 7.14. The van der Waals surface area contributed by atoms with E-state index in [-0.39, 0.29) is 19.0 Å². The Kier molecular flexibility index (Phi) is 4.75. The summed E-state index contributed by atoms with van der Waals surface area (Å²) in [5.41, 5.74) is 1.19. The Morgan fingerprint density at radius 1 is 1.20 bits per heavy atom. The highest BCUT2D eigenvalue weighted by Crippen LogP contribution is 2.42. The molecule has 1 heterocycles. The molecule has 0 saturated heterocycles. The van der Waals surface area contributed by atoms with Crippen LogP contribution in [0.4, 0.5) is 0 Å². The van der Waals surface area contributed by atoms with Crippen molar-refractivity contribution in [1.82, 2.24) is 0 Å². The Morgan fingerprint density at radius 3 is 2.60 bits per heavy atom. The molecule has 1 aliphatic rings. The van der Waals surface area contributed by atoms with Gasteiger partial charge in [0.2, 0.25) is 12.5 Å². The Balaban J connectivity index is 1.82. The van der Waals surface area contributed by atoms with E-state index in [1.54, 1.807) is 43.5 Å². The number of rotatable bonds is 6. The molecule has 0 aliphatic carbocycles. The molecule has 0 aromatic heterocycles. The lowest BCUT2D eigenvalue weighted by atomic mass is 9.92. The van der Waals surface area contributed by atoms with Gasteiger partial charge in [0.05, 0.1) is 26.2 Å². The molecule has 25 heavy (non-hydrogen) atoms. The van der Waals surface area contributed by atoms with Crippen molar-refractivity contribution in [1.29, 1.82) is 5.26 Å². The van der Waals surface area contributed by atoms with Crippen LogP contribution in [0.5, 0.6) is 23.0 Å². The van der Waals surface area contributed by atoms with Crippen molar-refractivity contribution >= 4 is 5.78 Å². The number of ketones is 1. The molecule has 0 bridgehead atoms. The van der Waals surface area contributed by atoms with E-state index < -0.39 is 5.92 Å². The summed E-state index contributed by atoms with van der Waals surface area (Å²) in [4.78, 5) is 12.7. The molecule has 6 nitrogen and oxygen atoms in total. The number of ether oxygens (including phenoxy) is 4. The molecule has 6 heteroatoms. The third-order valence-corrected chi connectivity index (χ3v) is 4.04. The minimum Gasteiger partial charge on any atom is -0.497 e. The van der Waals surface area contributed by atoms with Crippen LogP contribution >= 0.6 is 0 Å². The summed E-state index contributed by atoms with van der Waals surface area (Å²) in [5, 5.41) is 9.45. The molecule has 128 valence electrons.